The van der Waals surface area contributed by atoms with Crippen molar-refractivity contribution in [3.63, 3.8) is 0 Å². The fraction of sp³-hybridized carbons (Fsp3) is 1.00. The molecule has 0 bridgehead atoms. The molecule has 0 aromatic carbocycles. The quantitative estimate of drug-likeness (QED) is 0.619. The molecule has 4 heteroatoms. The van der Waals surface area contributed by atoms with Crippen LogP contribution in [0.4, 0.5) is 0 Å². The third-order valence-electron chi connectivity index (χ3n) is 2.11. The van der Waals surface area contributed by atoms with Gasteiger partial charge in [-0.25, -0.2) is 0 Å². The maximum Gasteiger partial charge on any atom is 0.186 e. The van der Waals surface area contributed by atoms with Gasteiger partial charge in [0.15, 0.2) is 17.4 Å². The van der Waals surface area contributed by atoms with Gasteiger partial charge in [-0.3, -0.25) is 0 Å². The highest BCUT2D eigenvalue weighted by Crippen LogP contribution is 2.14. The summed E-state index contributed by atoms with van der Waals surface area (Å²) in [5.41, 5.74) is 0. The van der Waals surface area contributed by atoms with Crippen LogP contribution in [0.1, 0.15) is 0 Å². The van der Waals surface area contributed by atoms with E-state index in [2.05, 4.69) is 19.6 Å². The summed E-state index contributed by atoms with van der Waals surface area (Å²) >= 11 is 0. The second-order valence-corrected chi connectivity index (χ2v) is 10.6. The first-order valence-electron chi connectivity index (χ1n) is 4.10. The molecule has 0 aliphatic rings. The first kappa shape index (κ1) is 11.4. The first-order valence-corrected chi connectivity index (χ1v) is 9.65. The average Bonchev–Trinajstić information content (AvgIpc) is 2.00. The Morgan fingerprint density at radius 3 is 2.18 bits per heavy atom. The van der Waals surface area contributed by atoms with Crippen molar-refractivity contribution >= 4 is 17.4 Å². The zero-order valence-corrected chi connectivity index (χ0v) is 10.5. The standard InChI is InChI=1S/C7H20O2Si2/c1-8-10(3)6-7-11(4,5)9-2/h10H,6-7H2,1-5H3. The molecule has 0 fully saturated rings. The van der Waals surface area contributed by atoms with Crippen LogP contribution in [0.25, 0.3) is 0 Å². The second-order valence-electron chi connectivity index (χ2n) is 3.55. The summed E-state index contributed by atoms with van der Waals surface area (Å²) in [7, 11) is 1.50. The smallest absolute Gasteiger partial charge is 0.186 e. The molecule has 0 heterocycles. The molecule has 0 radical (unpaired) electrons. The number of rotatable bonds is 5. The number of hydrogen-bond acceptors (Lipinski definition) is 2. The van der Waals surface area contributed by atoms with Gasteiger partial charge in [-0.15, -0.1) is 0 Å². The van der Waals surface area contributed by atoms with E-state index in [1.54, 1.807) is 0 Å². The van der Waals surface area contributed by atoms with Crippen molar-refractivity contribution < 1.29 is 8.85 Å². The van der Waals surface area contributed by atoms with Gasteiger partial charge in [0.05, 0.1) is 0 Å². The van der Waals surface area contributed by atoms with Crippen molar-refractivity contribution in [3.05, 3.63) is 0 Å². The summed E-state index contributed by atoms with van der Waals surface area (Å²) in [6, 6.07) is 2.49. The normalized spacial score (nSPS) is 15.0. The molecular weight excluding hydrogens is 172 g/mol. The summed E-state index contributed by atoms with van der Waals surface area (Å²) in [4.78, 5) is 0. The van der Waals surface area contributed by atoms with Crippen LogP contribution < -0.4 is 0 Å². The molecule has 1 atom stereocenters. The largest absolute Gasteiger partial charge is 0.423 e. The summed E-state index contributed by atoms with van der Waals surface area (Å²) in [6.07, 6.45) is 0. The lowest BCUT2D eigenvalue weighted by Crippen LogP contribution is -2.30. The minimum absolute atomic E-state index is 0.840. The lowest BCUT2D eigenvalue weighted by molar-refractivity contribution is 0.400. The lowest BCUT2D eigenvalue weighted by Gasteiger charge is -2.20. The van der Waals surface area contributed by atoms with Crippen LogP contribution in [0.5, 0.6) is 0 Å². The molecule has 0 rings (SSSR count). The maximum atomic E-state index is 5.44. The fourth-order valence-corrected chi connectivity index (χ4v) is 5.62. The van der Waals surface area contributed by atoms with Crippen molar-refractivity contribution in [2.75, 3.05) is 14.2 Å². The average molecular weight is 192 g/mol. The van der Waals surface area contributed by atoms with Crippen LogP contribution >= 0.6 is 0 Å². The molecule has 11 heavy (non-hydrogen) atoms. The molecule has 0 saturated carbocycles. The Morgan fingerprint density at radius 2 is 1.82 bits per heavy atom. The maximum absolute atomic E-state index is 5.44. The molecule has 0 N–H and O–H groups in total. The van der Waals surface area contributed by atoms with Crippen LogP contribution in [0, 0.1) is 0 Å². The molecule has 1 unspecified atom stereocenters. The van der Waals surface area contributed by atoms with Gasteiger partial charge in [0, 0.05) is 14.2 Å². The lowest BCUT2D eigenvalue weighted by atomic mass is 10.9. The Balaban J connectivity index is 3.52. The zero-order valence-electron chi connectivity index (χ0n) is 8.31. The van der Waals surface area contributed by atoms with Gasteiger partial charge in [0.1, 0.15) is 0 Å². The van der Waals surface area contributed by atoms with E-state index in [1.807, 2.05) is 14.2 Å². The molecule has 68 valence electrons. The highest BCUT2D eigenvalue weighted by molar-refractivity contribution is 6.72. The predicted molar refractivity (Wildman–Crippen MR) is 54.1 cm³/mol. The van der Waals surface area contributed by atoms with E-state index in [1.165, 1.54) is 12.1 Å². The van der Waals surface area contributed by atoms with Crippen molar-refractivity contribution in [1.82, 2.24) is 0 Å². The zero-order chi connectivity index (χ0) is 8.91. The molecule has 2 nitrogen and oxygen atoms in total. The van der Waals surface area contributed by atoms with E-state index in [0.29, 0.717) is 0 Å². The summed E-state index contributed by atoms with van der Waals surface area (Å²) in [5.74, 6) is 0. The molecule has 0 aromatic heterocycles. The highest BCUT2D eigenvalue weighted by atomic mass is 28.4. The van der Waals surface area contributed by atoms with Crippen LogP contribution in [-0.2, 0) is 8.85 Å². The van der Waals surface area contributed by atoms with Gasteiger partial charge in [-0.1, -0.05) is 0 Å². The molecule has 0 aliphatic carbocycles. The Labute approximate surface area is 72.8 Å². The predicted octanol–water partition coefficient (Wildman–Crippen LogP) is 1.84. The van der Waals surface area contributed by atoms with E-state index < -0.39 is 17.4 Å². The molecule has 0 aliphatic heterocycles. The van der Waals surface area contributed by atoms with Gasteiger partial charge in [-0.2, -0.15) is 0 Å². The van der Waals surface area contributed by atoms with Crippen molar-refractivity contribution in [2.45, 2.75) is 31.7 Å². The Hall–Kier alpha value is 0.354. The van der Waals surface area contributed by atoms with E-state index in [-0.39, 0.29) is 0 Å². The Morgan fingerprint density at radius 1 is 1.27 bits per heavy atom. The van der Waals surface area contributed by atoms with E-state index in [9.17, 15) is 0 Å². The third kappa shape index (κ3) is 5.61. The van der Waals surface area contributed by atoms with Gasteiger partial charge in [-0.05, 0) is 31.7 Å². The minimum Gasteiger partial charge on any atom is -0.423 e. The summed E-state index contributed by atoms with van der Waals surface area (Å²) in [6.45, 7) is 6.74. The van der Waals surface area contributed by atoms with Gasteiger partial charge in [0.2, 0.25) is 0 Å². The summed E-state index contributed by atoms with van der Waals surface area (Å²) in [5, 5.41) is 0. The van der Waals surface area contributed by atoms with Crippen LogP contribution in [0.3, 0.4) is 0 Å². The van der Waals surface area contributed by atoms with Crippen LogP contribution in [0.15, 0.2) is 0 Å². The van der Waals surface area contributed by atoms with Gasteiger partial charge >= 0.3 is 0 Å². The molecular formula is C7H20O2Si2. The topological polar surface area (TPSA) is 18.5 Å². The summed E-state index contributed by atoms with van der Waals surface area (Å²) < 4.78 is 10.7. The molecule has 0 amide bonds. The first-order chi connectivity index (χ1) is 5.02. The van der Waals surface area contributed by atoms with Crippen LogP contribution in [-0.4, -0.2) is 31.6 Å². The van der Waals surface area contributed by atoms with E-state index >= 15 is 0 Å². The Kier molecular flexibility index (Phi) is 5.24. The highest BCUT2D eigenvalue weighted by Gasteiger charge is 2.21. The van der Waals surface area contributed by atoms with E-state index in [4.69, 9.17) is 8.85 Å². The molecule has 0 saturated heterocycles. The van der Waals surface area contributed by atoms with Gasteiger partial charge < -0.3 is 8.85 Å². The second kappa shape index (κ2) is 5.08. The Bertz CT molecular complexity index is 107. The van der Waals surface area contributed by atoms with Crippen LogP contribution in [0.2, 0.25) is 31.7 Å². The van der Waals surface area contributed by atoms with Crippen molar-refractivity contribution in [1.29, 1.82) is 0 Å². The monoisotopic (exact) mass is 192 g/mol. The van der Waals surface area contributed by atoms with E-state index in [0.717, 1.165) is 0 Å². The molecule has 0 spiro atoms. The van der Waals surface area contributed by atoms with Crippen molar-refractivity contribution in [2.24, 2.45) is 0 Å². The third-order valence-corrected chi connectivity index (χ3v) is 7.19. The van der Waals surface area contributed by atoms with Crippen molar-refractivity contribution in [3.8, 4) is 0 Å². The number of hydrogen-bond donors (Lipinski definition) is 0. The van der Waals surface area contributed by atoms with Gasteiger partial charge in [0.25, 0.3) is 0 Å². The molecule has 0 aromatic rings. The minimum atomic E-state index is -1.30. The SMILES string of the molecule is CO[SiH](C)CC[Si](C)(C)OC. The fourth-order valence-electron chi connectivity index (χ4n) is 0.771.